The van der Waals surface area contributed by atoms with E-state index in [1.54, 1.807) is 0 Å². The number of rotatable bonds is 5. The van der Waals surface area contributed by atoms with Crippen molar-refractivity contribution in [1.29, 1.82) is 0 Å². The first kappa shape index (κ1) is 23.6. The summed E-state index contributed by atoms with van der Waals surface area (Å²) in [6.07, 6.45) is -7.88. The van der Waals surface area contributed by atoms with Crippen LogP contribution in [0.25, 0.3) is 22.3 Å². The molecule has 34 heavy (non-hydrogen) atoms. The summed E-state index contributed by atoms with van der Waals surface area (Å²) in [5, 5.41) is 69.2. The molecule has 4 rings (SSSR count). The van der Waals surface area contributed by atoms with Crippen molar-refractivity contribution < 1.29 is 54.4 Å². The standard InChI is InChI=1S/C22H22O12/c1-31-21-14(33-22-20(30)19(29)17(27)15(7-23)34-22)6-13-16(18(21)28)11(26)5-12(32-13)8-2-3-9(24)10(25)4-8/h2-6,15,17,19-20,22-25,27-30H,7H2,1H3/t15?,17-,19+,20?,22-/m1/s1. The molecule has 2 aromatic carbocycles. The molecule has 0 saturated carbocycles. The number of phenolic OH excluding ortho intramolecular Hbond substituents is 3. The van der Waals surface area contributed by atoms with Gasteiger partial charge in [0.25, 0.3) is 0 Å². The number of aromatic hydroxyl groups is 3. The van der Waals surface area contributed by atoms with Crippen molar-refractivity contribution >= 4 is 11.0 Å². The maximum Gasteiger partial charge on any atom is 0.229 e. The Balaban J connectivity index is 1.80. The van der Waals surface area contributed by atoms with Crippen molar-refractivity contribution in [3.8, 4) is 40.1 Å². The first-order chi connectivity index (χ1) is 16.2. The van der Waals surface area contributed by atoms with Crippen LogP contribution in [-0.2, 0) is 4.74 Å². The minimum Gasteiger partial charge on any atom is -0.504 e. The van der Waals surface area contributed by atoms with Crippen LogP contribution in [0.1, 0.15) is 0 Å². The molecule has 0 spiro atoms. The molecule has 0 aliphatic carbocycles. The van der Waals surface area contributed by atoms with Gasteiger partial charge in [0.05, 0.1) is 13.7 Å². The third-order valence-electron chi connectivity index (χ3n) is 5.47. The summed E-state index contributed by atoms with van der Waals surface area (Å²) in [6.45, 7) is -0.678. The largest absolute Gasteiger partial charge is 0.504 e. The zero-order valence-corrected chi connectivity index (χ0v) is 17.7. The Kier molecular flexibility index (Phi) is 6.25. The minimum atomic E-state index is -1.74. The molecular formula is C22H22O12. The van der Waals surface area contributed by atoms with Crippen molar-refractivity contribution in [2.45, 2.75) is 30.7 Å². The van der Waals surface area contributed by atoms with Gasteiger partial charge in [0.2, 0.25) is 12.0 Å². The lowest BCUT2D eigenvalue weighted by Gasteiger charge is -2.39. The Hall–Kier alpha value is -3.55. The molecular weight excluding hydrogens is 456 g/mol. The topological polar surface area (TPSA) is 200 Å². The summed E-state index contributed by atoms with van der Waals surface area (Å²) >= 11 is 0. The van der Waals surface area contributed by atoms with E-state index in [0.29, 0.717) is 0 Å². The number of fused-ring (bicyclic) bond motifs is 1. The quantitative estimate of drug-likeness (QED) is 0.238. The van der Waals surface area contributed by atoms with E-state index in [9.17, 15) is 40.5 Å². The summed E-state index contributed by atoms with van der Waals surface area (Å²) in [5.74, 6) is -1.99. The van der Waals surface area contributed by atoms with Crippen LogP contribution in [0.5, 0.6) is 28.7 Å². The normalized spacial score (nSPS) is 24.8. The molecule has 12 nitrogen and oxygen atoms in total. The molecule has 2 heterocycles. The molecule has 1 fully saturated rings. The Morgan fingerprint density at radius 1 is 0.971 bits per heavy atom. The van der Waals surface area contributed by atoms with E-state index >= 15 is 0 Å². The summed E-state index contributed by atoms with van der Waals surface area (Å²) in [5.41, 5.74) is -0.562. The molecule has 2 unspecified atom stereocenters. The smallest absolute Gasteiger partial charge is 0.229 e. The highest BCUT2D eigenvalue weighted by Gasteiger charge is 2.45. The second kappa shape index (κ2) is 9.00. The molecule has 7 N–H and O–H groups in total. The van der Waals surface area contributed by atoms with Crippen molar-refractivity contribution in [3.63, 3.8) is 0 Å². The number of hydrogen-bond donors (Lipinski definition) is 7. The van der Waals surface area contributed by atoms with Crippen LogP contribution in [0, 0.1) is 0 Å². The van der Waals surface area contributed by atoms with Crippen molar-refractivity contribution in [2.24, 2.45) is 0 Å². The van der Waals surface area contributed by atoms with Gasteiger partial charge < -0.3 is 54.4 Å². The number of benzene rings is 2. The third kappa shape index (κ3) is 3.97. The maximum atomic E-state index is 12.7. The average molecular weight is 478 g/mol. The van der Waals surface area contributed by atoms with Crippen LogP contribution < -0.4 is 14.9 Å². The van der Waals surface area contributed by atoms with E-state index < -0.39 is 54.2 Å². The van der Waals surface area contributed by atoms with Gasteiger partial charge in [-0.15, -0.1) is 0 Å². The molecule has 1 saturated heterocycles. The highest BCUT2D eigenvalue weighted by atomic mass is 16.7. The number of aliphatic hydroxyl groups excluding tert-OH is 4. The van der Waals surface area contributed by atoms with Crippen LogP contribution in [0.4, 0.5) is 0 Å². The van der Waals surface area contributed by atoms with Gasteiger partial charge in [-0.25, -0.2) is 0 Å². The van der Waals surface area contributed by atoms with Crippen molar-refractivity contribution in [3.05, 3.63) is 40.6 Å². The second-order valence-electron chi connectivity index (χ2n) is 7.62. The molecule has 1 aliphatic rings. The van der Waals surface area contributed by atoms with E-state index in [2.05, 4.69) is 0 Å². The number of methoxy groups -OCH3 is 1. The first-order valence-corrected chi connectivity index (χ1v) is 10.0. The predicted molar refractivity (Wildman–Crippen MR) is 114 cm³/mol. The van der Waals surface area contributed by atoms with Crippen LogP contribution in [-0.4, -0.2) is 80.2 Å². The van der Waals surface area contributed by atoms with Gasteiger partial charge in [-0.1, -0.05) is 0 Å². The van der Waals surface area contributed by atoms with E-state index in [1.807, 2.05) is 0 Å². The molecule has 5 atom stereocenters. The molecule has 0 radical (unpaired) electrons. The molecule has 3 aromatic rings. The van der Waals surface area contributed by atoms with Crippen molar-refractivity contribution in [1.82, 2.24) is 0 Å². The SMILES string of the molecule is COc1c(O[C@@H]2OC(CO)[C@@H](O)[C@H](O)C2O)cc2oc(-c3ccc(O)c(O)c3)cc(=O)c2c1O. The lowest BCUT2D eigenvalue weighted by Crippen LogP contribution is -2.60. The summed E-state index contributed by atoms with van der Waals surface area (Å²) in [6, 6.07) is 6.03. The fourth-order valence-corrected chi connectivity index (χ4v) is 3.66. The van der Waals surface area contributed by atoms with E-state index in [-0.39, 0.29) is 39.5 Å². The van der Waals surface area contributed by atoms with E-state index in [1.165, 1.54) is 31.4 Å². The molecule has 0 bridgehead atoms. The van der Waals surface area contributed by atoms with Gasteiger partial charge in [0, 0.05) is 17.7 Å². The second-order valence-corrected chi connectivity index (χ2v) is 7.62. The zero-order chi connectivity index (χ0) is 24.7. The summed E-state index contributed by atoms with van der Waals surface area (Å²) in [4.78, 5) is 12.7. The average Bonchev–Trinajstić information content (AvgIpc) is 2.80. The van der Waals surface area contributed by atoms with Crippen LogP contribution in [0.3, 0.4) is 0 Å². The lowest BCUT2D eigenvalue weighted by molar-refractivity contribution is -0.277. The predicted octanol–water partition coefficient (Wildman–Crippen LogP) is -0.236. The van der Waals surface area contributed by atoms with Crippen molar-refractivity contribution in [2.75, 3.05) is 13.7 Å². The van der Waals surface area contributed by atoms with Gasteiger partial charge in [-0.05, 0) is 18.2 Å². The molecule has 1 aliphatic heterocycles. The van der Waals surface area contributed by atoms with Gasteiger partial charge in [0.15, 0.2) is 28.4 Å². The fourth-order valence-electron chi connectivity index (χ4n) is 3.66. The zero-order valence-electron chi connectivity index (χ0n) is 17.7. The third-order valence-corrected chi connectivity index (χ3v) is 5.47. The minimum absolute atomic E-state index is 0.00356. The van der Waals surface area contributed by atoms with E-state index in [0.717, 1.165) is 6.07 Å². The molecule has 182 valence electrons. The lowest BCUT2D eigenvalue weighted by atomic mass is 9.99. The number of ether oxygens (including phenoxy) is 3. The van der Waals surface area contributed by atoms with Gasteiger partial charge in [0.1, 0.15) is 41.1 Å². The number of hydrogen-bond acceptors (Lipinski definition) is 12. The highest BCUT2D eigenvalue weighted by molar-refractivity contribution is 5.89. The number of aliphatic hydroxyl groups is 4. The van der Waals surface area contributed by atoms with E-state index in [4.69, 9.17) is 18.6 Å². The Morgan fingerprint density at radius 3 is 2.35 bits per heavy atom. The molecule has 1 aromatic heterocycles. The maximum absolute atomic E-state index is 12.7. The molecule has 12 heteroatoms. The van der Waals surface area contributed by atoms with Crippen LogP contribution in [0.2, 0.25) is 0 Å². The summed E-state index contributed by atoms with van der Waals surface area (Å²) < 4.78 is 21.8. The highest BCUT2D eigenvalue weighted by Crippen LogP contribution is 2.43. The van der Waals surface area contributed by atoms with Gasteiger partial charge in [-0.3, -0.25) is 4.79 Å². The van der Waals surface area contributed by atoms with Crippen LogP contribution in [0.15, 0.2) is 39.5 Å². The number of phenols is 3. The monoisotopic (exact) mass is 478 g/mol. The Labute approximate surface area is 191 Å². The Morgan fingerprint density at radius 2 is 1.71 bits per heavy atom. The first-order valence-electron chi connectivity index (χ1n) is 10.0. The fraction of sp³-hybridized carbons (Fsp3) is 0.318. The van der Waals surface area contributed by atoms with Gasteiger partial charge >= 0.3 is 0 Å². The summed E-state index contributed by atoms with van der Waals surface area (Å²) in [7, 11) is 1.19. The van der Waals surface area contributed by atoms with Crippen LogP contribution >= 0.6 is 0 Å². The van der Waals surface area contributed by atoms with Gasteiger partial charge in [-0.2, -0.15) is 0 Å². The Bertz CT molecular complexity index is 1270. The molecule has 0 amide bonds.